The molecule has 0 atom stereocenters. The summed E-state index contributed by atoms with van der Waals surface area (Å²) in [6.07, 6.45) is 0. The fourth-order valence-corrected chi connectivity index (χ4v) is 3.56. The van der Waals surface area contributed by atoms with Gasteiger partial charge in [-0.2, -0.15) is 0 Å². The molecule has 0 aliphatic carbocycles. The summed E-state index contributed by atoms with van der Waals surface area (Å²) >= 11 is 1.77. The van der Waals surface area contributed by atoms with Crippen LogP contribution in [0.25, 0.3) is 10.2 Å². The van der Waals surface area contributed by atoms with Gasteiger partial charge in [0.15, 0.2) is 0 Å². The number of hydrogen-bond acceptors (Lipinski definition) is 3. The summed E-state index contributed by atoms with van der Waals surface area (Å²) in [7, 11) is -1.28. The molecule has 0 amide bonds. The van der Waals surface area contributed by atoms with Crippen molar-refractivity contribution >= 4 is 35.5 Å². The number of benzene rings is 1. The number of hydrogen-bond donors (Lipinski definition) is 1. The van der Waals surface area contributed by atoms with Crippen LogP contribution in [-0.2, 0) is 0 Å². The van der Waals surface area contributed by atoms with Gasteiger partial charge in [0.25, 0.3) is 0 Å². The average molecular weight is 236 g/mol. The van der Waals surface area contributed by atoms with E-state index in [0.717, 1.165) is 10.5 Å². The lowest BCUT2D eigenvalue weighted by Crippen LogP contribution is -2.32. The van der Waals surface area contributed by atoms with E-state index < -0.39 is 8.24 Å². The number of aromatic nitrogens is 1. The molecule has 0 saturated heterocycles. The van der Waals surface area contributed by atoms with Crippen molar-refractivity contribution in [1.82, 2.24) is 4.98 Å². The van der Waals surface area contributed by atoms with Crippen LogP contribution in [0.5, 0.6) is 0 Å². The number of aryl methyl sites for hydroxylation is 1. The lowest BCUT2D eigenvalue weighted by Gasteiger charge is -2.19. The van der Waals surface area contributed by atoms with Crippen molar-refractivity contribution in [2.45, 2.75) is 26.6 Å². The van der Waals surface area contributed by atoms with E-state index in [0.29, 0.717) is 0 Å². The van der Waals surface area contributed by atoms with E-state index >= 15 is 0 Å². The van der Waals surface area contributed by atoms with Crippen LogP contribution in [0, 0.1) is 6.92 Å². The standard InChI is InChI=1S/C11H16N2SSi/c1-8-12-9-6-5-7-10(11(9)14-8)13-15(2,3)4/h5-7,13H,1-4H3. The smallest absolute Gasteiger partial charge is 0.144 e. The van der Waals surface area contributed by atoms with Gasteiger partial charge in [0.2, 0.25) is 0 Å². The van der Waals surface area contributed by atoms with Gasteiger partial charge in [0, 0.05) is 5.69 Å². The molecule has 0 aliphatic heterocycles. The maximum absolute atomic E-state index is 4.50. The predicted molar refractivity (Wildman–Crippen MR) is 71.3 cm³/mol. The first-order valence-corrected chi connectivity index (χ1v) is 9.42. The van der Waals surface area contributed by atoms with Crippen LogP contribution in [0.4, 0.5) is 5.69 Å². The SMILES string of the molecule is Cc1nc2cccc(N[Si](C)(C)C)c2s1. The molecule has 1 aromatic heterocycles. The summed E-state index contributed by atoms with van der Waals surface area (Å²) in [5, 5.41) is 1.13. The number of anilines is 1. The Morgan fingerprint density at radius 2 is 2.00 bits per heavy atom. The Hall–Kier alpha value is -0.873. The van der Waals surface area contributed by atoms with E-state index in [1.165, 1.54) is 10.4 Å². The highest BCUT2D eigenvalue weighted by atomic mass is 32.1. The van der Waals surface area contributed by atoms with Crippen molar-refractivity contribution in [3.63, 3.8) is 0 Å². The molecule has 0 unspecified atom stereocenters. The summed E-state index contributed by atoms with van der Waals surface area (Å²) < 4.78 is 1.29. The van der Waals surface area contributed by atoms with Gasteiger partial charge in [-0.25, -0.2) is 4.98 Å². The first-order valence-electron chi connectivity index (χ1n) is 5.10. The summed E-state index contributed by atoms with van der Waals surface area (Å²) in [4.78, 5) is 8.14. The molecule has 0 fully saturated rings. The third-order valence-electron chi connectivity index (χ3n) is 2.03. The molecule has 2 rings (SSSR count). The molecule has 2 nitrogen and oxygen atoms in total. The zero-order valence-corrected chi connectivity index (χ0v) is 11.4. The Morgan fingerprint density at radius 1 is 1.27 bits per heavy atom. The number of rotatable bonds is 2. The van der Waals surface area contributed by atoms with Crippen molar-refractivity contribution in [2.24, 2.45) is 0 Å². The molecule has 1 aromatic carbocycles. The molecule has 0 radical (unpaired) electrons. The van der Waals surface area contributed by atoms with Crippen LogP contribution in [0.15, 0.2) is 18.2 Å². The van der Waals surface area contributed by atoms with E-state index in [9.17, 15) is 0 Å². The minimum absolute atomic E-state index is 1.11. The van der Waals surface area contributed by atoms with Gasteiger partial charge in [0.1, 0.15) is 8.24 Å². The fraction of sp³-hybridized carbons (Fsp3) is 0.364. The van der Waals surface area contributed by atoms with Gasteiger partial charge >= 0.3 is 0 Å². The largest absolute Gasteiger partial charge is 0.410 e. The van der Waals surface area contributed by atoms with Gasteiger partial charge < -0.3 is 4.98 Å². The zero-order chi connectivity index (χ0) is 11.1. The normalized spacial score (nSPS) is 12.0. The van der Waals surface area contributed by atoms with Gasteiger partial charge in [-0.05, 0) is 19.1 Å². The molecule has 4 heteroatoms. The number of nitrogens with zero attached hydrogens (tertiary/aromatic N) is 1. The Kier molecular flexibility index (Phi) is 2.56. The highest BCUT2D eigenvalue weighted by Crippen LogP contribution is 2.30. The van der Waals surface area contributed by atoms with E-state index in [4.69, 9.17) is 0 Å². The van der Waals surface area contributed by atoms with Gasteiger partial charge in [-0.1, -0.05) is 25.7 Å². The third-order valence-corrected chi connectivity index (χ3v) is 4.07. The van der Waals surface area contributed by atoms with Gasteiger partial charge in [-0.3, -0.25) is 0 Å². The Morgan fingerprint density at radius 3 is 2.67 bits per heavy atom. The number of fused-ring (bicyclic) bond motifs is 1. The van der Waals surface area contributed by atoms with Gasteiger partial charge in [0.05, 0.1) is 15.2 Å². The summed E-state index contributed by atoms with van der Waals surface area (Å²) in [6.45, 7) is 8.97. The molecule has 0 bridgehead atoms. The first kappa shape index (κ1) is 10.6. The van der Waals surface area contributed by atoms with Crippen molar-refractivity contribution in [3.8, 4) is 0 Å². The Balaban J connectivity index is 2.51. The van der Waals surface area contributed by atoms with Crippen LogP contribution in [0.1, 0.15) is 5.01 Å². The quantitative estimate of drug-likeness (QED) is 0.801. The van der Waals surface area contributed by atoms with E-state index in [1.807, 2.05) is 0 Å². The second-order valence-electron chi connectivity index (χ2n) is 4.76. The number of thiazole rings is 1. The average Bonchev–Trinajstić information content (AvgIpc) is 2.43. The molecule has 0 spiro atoms. The minimum Gasteiger partial charge on any atom is -0.410 e. The second-order valence-corrected chi connectivity index (χ2v) is 10.7. The zero-order valence-electron chi connectivity index (χ0n) is 9.59. The number of nitrogens with one attached hydrogen (secondary N) is 1. The molecule has 1 N–H and O–H groups in total. The van der Waals surface area contributed by atoms with Crippen LogP contribution >= 0.6 is 11.3 Å². The molecule has 1 heterocycles. The first-order chi connectivity index (χ1) is 6.96. The van der Waals surface area contributed by atoms with Crippen LogP contribution in [0.3, 0.4) is 0 Å². The molecule has 0 saturated carbocycles. The van der Waals surface area contributed by atoms with Crippen LogP contribution < -0.4 is 4.98 Å². The maximum Gasteiger partial charge on any atom is 0.144 e. The van der Waals surface area contributed by atoms with Crippen molar-refractivity contribution in [2.75, 3.05) is 4.98 Å². The van der Waals surface area contributed by atoms with Crippen molar-refractivity contribution in [1.29, 1.82) is 0 Å². The van der Waals surface area contributed by atoms with Crippen LogP contribution in [-0.4, -0.2) is 13.2 Å². The highest BCUT2D eigenvalue weighted by molar-refractivity contribution is 7.19. The Bertz CT molecular complexity index is 485. The maximum atomic E-state index is 4.50. The van der Waals surface area contributed by atoms with E-state index in [-0.39, 0.29) is 0 Å². The third kappa shape index (κ3) is 2.38. The lowest BCUT2D eigenvalue weighted by molar-refractivity contribution is 1.35. The van der Waals surface area contributed by atoms with Crippen molar-refractivity contribution in [3.05, 3.63) is 23.2 Å². The Labute approximate surface area is 95.4 Å². The fourth-order valence-electron chi connectivity index (χ4n) is 1.56. The molecule has 2 aromatic rings. The molecule has 0 aliphatic rings. The van der Waals surface area contributed by atoms with Crippen LogP contribution in [0.2, 0.25) is 19.6 Å². The van der Waals surface area contributed by atoms with Gasteiger partial charge in [-0.15, -0.1) is 11.3 Å². The second kappa shape index (κ2) is 3.61. The lowest BCUT2D eigenvalue weighted by atomic mass is 10.3. The van der Waals surface area contributed by atoms with E-state index in [2.05, 4.69) is 54.7 Å². The van der Waals surface area contributed by atoms with E-state index in [1.54, 1.807) is 11.3 Å². The summed E-state index contributed by atoms with van der Waals surface area (Å²) in [6, 6.07) is 6.30. The topological polar surface area (TPSA) is 24.9 Å². The predicted octanol–water partition coefficient (Wildman–Crippen LogP) is 3.85. The summed E-state index contributed by atoms with van der Waals surface area (Å²) in [5.74, 6) is 0. The monoisotopic (exact) mass is 236 g/mol. The molecule has 15 heavy (non-hydrogen) atoms. The minimum atomic E-state index is -1.28. The van der Waals surface area contributed by atoms with Crippen molar-refractivity contribution < 1.29 is 0 Å². The molecular weight excluding hydrogens is 220 g/mol. The summed E-state index contributed by atoms with van der Waals surface area (Å²) in [5.41, 5.74) is 2.36. The molecule has 80 valence electrons. The molecular formula is C11H16N2SSi. The highest BCUT2D eigenvalue weighted by Gasteiger charge is 2.15.